The van der Waals surface area contributed by atoms with Crippen molar-refractivity contribution in [1.29, 1.82) is 0 Å². The van der Waals surface area contributed by atoms with Crippen LogP contribution in [-0.4, -0.2) is 57.0 Å². The van der Waals surface area contributed by atoms with Gasteiger partial charge in [0.2, 0.25) is 5.75 Å². The zero-order valence-electron chi connectivity index (χ0n) is 24.5. The topological polar surface area (TPSA) is 153 Å². The lowest BCUT2D eigenvalue weighted by atomic mass is 9.95. The molecule has 0 aliphatic heterocycles. The highest BCUT2D eigenvalue weighted by Crippen LogP contribution is 2.45. The Morgan fingerprint density at radius 3 is 1.93 bits per heavy atom. The van der Waals surface area contributed by atoms with Crippen LogP contribution in [0.15, 0.2) is 71.7 Å². The maximum absolute atomic E-state index is 14.3. The van der Waals surface area contributed by atoms with Gasteiger partial charge in [-0.1, -0.05) is 0 Å². The Morgan fingerprint density at radius 1 is 0.750 bits per heavy atom. The van der Waals surface area contributed by atoms with Crippen molar-refractivity contribution in [3.63, 3.8) is 0 Å². The summed E-state index contributed by atoms with van der Waals surface area (Å²) in [6.45, 7) is 0. The van der Waals surface area contributed by atoms with E-state index in [-0.39, 0.29) is 33.8 Å². The van der Waals surface area contributed by atoms with Gasteiger partial charge in [0.1, 0.15) is 11.4 Å². The number of hydrogen-bond donors (Lipinski definition) is 2. The number of benzene rings is 3. The number of nitrogens with two attached hydrogens (primary N) is 1. The molecule has 0 spiro atoms. The number of fused-ring (bicyclic) bond motifs is 1. The maximum atomic E-state index is 14.3. The van der Waals surface area contributed by atoms with Crippen molar-refractivity contribution < 1.29 is 38.0 Å². The predicted octanol–water partition coefficient (Wildman–Crippen LogP) is 4.61. The average molecular weight is 600 g/mol. The van der Waals surface area contributed by atoms with Crippen LogP contribution in [0.4, 0.5) is 5.69 Å². The monoisotopic (exact) mass is 599 g/mol. The summed E-state index contributed by atoms with van der Waals surface area (Å²) >= 11 is 0. The zero-order chi connectivity index (χ0) is 31.5. The number of methoxy groups -OCH3 is 5. The lowest BCUT2D eigenvalue weighted by Crippen LogP contribution is -2.27. The molecule has 0 bridgehead atoms. The van der Waals surface area contributed by atoms with Gasteiger partial charge in [-0.05, 0) is 66.2 Å². The van der Waals surface area contributed by atoms with E-state index in [1.54, 1.807) is 54.7 Å². The van der Waals surface area contributed by atoms with Crippen LogP contribution in [0, 0.1) is 0 Å². The smallest absolute Gasteiger partial charge is 0.360 e. The molecule has 12 nitrogen and oxygen atoms in total. The summed E-state index contributed by atoms with van der Waals surface area (Å²) in [4.78, 5) is 43.6. The molecule has 3 aromatic carbocycles. The van der Waals surface area contributed by atoms with Crippen LogP contribution in [0.1, 0.15) is 21.0 Å². The van der Waals surface area contributed by atoms with E-state index in [0.717, 1.165) is 0 Å². The van der Waals surface area contributed by atoms with Crippen LogP contribution in [0.3, 0.4) is 0 Å². The number of nitrogen functional groups attached to an aromatic ring is 1. The van der Waals surface area contributed by atoms with Gasteiger partial charge in [-0.3, -0.25) is 9.36 Å². The Morgan fingerprint density at radius 2 is 1.39 bits per heavy atom. The van der Waals surface area contributed by atoms with Crippen LogP contribution < -0.4 is 35.0 Å². The number of aromatic amines is 1. The van der Waals surface area contributed by atoms with Gasteiger partial charge >= 0.3 is 11.9 Å². The quantitative estimate of drug-likeness (QED) is 0.140. The molecule has 3 N–H and O–H groups in total. The van der Waals surface area contributed by atoms with Crippen molar-refractivity contribution in [1.82, 2.24) is 9.55 Å². The van der Waals surface area contributed by atoms with Crippen LogP contribution in [0.5, 0.6) is 28.7 Å². The van der Waals surface area contributed by atoms with E-state index in [0.29, 0.717) is 39.6 Å². The molecule has 0 aliphatic carbocycles. The molecule has 0 fully saturated rings. The second-order valence-corrected chi connectivity index (χ2v) is 9.38. The fourth-order valence-corrected chi connectivity index (χ4v) is 4.93. The van der Waals surface area contributed by atoms with E-state index in [2.05, 4.69) is 4.98 Å². The highest BCUT2D eigenvalue weighted by Gasteiger charge is 2.28. The number of H-pyrrole nitrogens is 1. The first-order valence-corrected chi connectivity index (χ1v) is 13.2. The van der Waals surface area contributed by atoms with Gasteiger partial charge in [0.05, 0.1) is 40.9 Å². The number of nitrogens with one attached hydrogen (secondary N) is 1. The summed E-state index contributed by atoms with van der Waals surface area (Å²) in [5.41, 5.74) is 6.92. The maximum Gasteiger partial charge on any atom is 0.360 e. The summed E-state index contributed by atoms with van der Waals surface area (Å²) in [5.74, 6) is -0.438. The third-order valence-electron chi connectivity index (χ3n) is 6.97. The van der Waals surface area contributed by atoms with E-state index in [1.807, 2.05) is 0 Å². The standard InChI is InChI=1S/C32H29N3O9/c1-39-23-15-20-21(16-24(23)44-31(37)22-7-6-12-34-22)30(36)35(19-10-8-18(33)9-11-19)28(32(38)43-5)27(20)17-13-25(40-2)29(42-4)26(14-17)41-3/h6-16,34H,33H2,1-5H3. The molecule has 0 unspecified atom stereocenters. The van der Waals surface area contributed by atoms with E-state index in [4.69, 9.17) is 34.2 Å². The SMILES string of the molecule is COC(=O)c1c(-c2cc(OC)c(OC)c(OC)c2)c2cc(OC)c(OC(=O)c3ccc[nH]3)cc2c(=O)n1-c1ccc(N)cc1. The summed E-state index contributed by atoms with van der Waals surface area (Å²) in [6, 6.07) is 15.8. The number of nitrogens with zero attached hydrogens (tertiary/aromatic N) is 1. The van der Waals surface area contributed by atoms with Gasteiger partial charge in [0.25, 0.3) is 5.56 Å². The summed E-state index contributed by atoms with van der Waals surface area (Å²) in [7, 11) is 7.00. The number of ether oxygens (including phenoxy) is 6. The lowest BCUT2D eigenvalue weighted by Gasteiger charge is -2.21. The molecule has 0 amide bonds. The van der Waals surface area contributed by atoms with Gasteiger partial charge in [-0.15, -0.1) is 0 Å². The molecule has 2 aromatic heterocycles. The largest absolute Gasteiger partial charge is 0.493 e. The fourth-order valence-electron chi connectivity index (χ4n) is 4.93. The Hall–Kier alpha value is -5.91. The van der Waals surface area contributed by atoms with E-state index in [9.17, 15) is 14.4 Å². The lowest BCUT2D eigenvalue weighted by molar-refractivity contribution is 0.0591. The van der Waals surface area contributed by atoms with Crippen molar-refractivity contribution >= 4 is 28.4 Å². The molecule has 12 heteroatoms. The molecule has 226 valence electrons. The van der Waals surface area contributed by atoms with Crippen LogP contribution in [0.25, 0.3) is 27.6 Å². The summed E-state index contributed by atoms with van der Waals surface area (Å²) < 4.78 is 34.3. The first kappa shape index (κ1) is 29.6. The second-order valence-electron chi connectivity index (χ2n) is 9.38. The number of aromatic nitrogens is 2. The van der Waals surface area contributed by atoms with Gasteiger partial charge < -0.3 is 39.1 Å². The molecular weight excluding hydrogens is 570 g/mol. The fraction of sp³-hybridized carbons (Fsp3) is 0.156. The Kier molecular flexibility index (Phi) is 8.16. The molecule has 0 saturated heterocycles. The molecule has 5 rings (SSSR count). The second kappa shape index (κ2) is 12.1. The number of carbonyl (C=O) groups excluding carboxylic acids is 2. The third kappa shape index (κ3) is 5.13. The zero-order valence-corrected chi connectivity index (χ0v) is 24.5. The van der Waals surface area contributed by atoms with Gasteiger partial charge in [0.15, 0.2) is 23.0 Å². The van der Waals surface area contributed by atoms with Crippen molar-refractivity contribution in [3.05, 3.63) is 88.6 Å². The molecule has 44 heavy (non-hydrogen) atoms. The number of esters is 2. The predicted molar refractivity (Wildman–Crippen MR) is 163 cm³/mol. The molecule has 0 aliphatic rings. The van der Waals surface area contributed by atoms with E-state index in [1.165, 1.54) is 52.2 Å². The molecular formula is C32H29N3O9. The van der Waals surface area contributed by atoms with Crippen LogP contribution >= 0.6 is 0 Å². The highest BCUT2D eigenvalue weighted by molar-refractivity contribution is 6.08. The molecule has 0 atom stereocenters. The van der Waals surface area contributed by atoms with E-state index < -0.39 is 17.5 Å². The highest BCUT2D eigenvalue weighted by atomic mass is 16.6. The first-order valence-electron chi connectivity index (χ1n) is 13.2. The normalized spacial score (nSPS) is 10.8. The first-order chi connectivity index (χ1) is 21.3. The van der Waals surface area contributed by atoms with Crippen LogP contribution in [0.2, 0.25) is 0 Å². The Bertz CT molecular complexity index is 1900. The van der Waals surface area contributed by atoms with Crippen molar-refractivity contribution in [2.75, 3.05) is 41.3 Å². The average Bonchev–Trinajstić information content (AvgIpc) is 3.59. The number of carbonyl (C=O) groups is 2. The van der Waals surface area contributed by atoms with Gasteiger partial charge in [-0.25, -0.2) is 9.59 Å². The van der Waals surface area contributed by atoms with E-state index >= 15 is 0 Å². The number of anilines is 1. The number of hydrogen-bond acceptors (Lipinski definition) is 10. The van der Waals surface area contributed by atoms with Crippen LogP contribution in [-0.2, 0) is 4.74 Å². The van der Waals surface area contributed by atoms with Crippen molar-refractivity contribution in [2.45, 2.75) is 0 Å². The number of pyridine rings is 1. The van der Waals surface area contributed by atoms with Gasteiger partial charge in [-0.2, -0.15) is 0 Å². The summed E-state index contributed by atoms with van der Waals surface area (Å²) in [6.07, 6.45) is 1.58. The minimum absolute atomic E-state index is 0.0118. The molecule has 0 radical (unpaired) electrons. The van der Waals surface area contributed by atoms with Crippen molar-refractivity contribution in [3.8, 4) is 45.6 Å². The van der Waals surface area contributed by atoms with Crippen molar-refractivity contribution in [2.24, 2.45) is 0 Å². The third-order valence-corrected chi connectivity index (χ3v) is 6.97. The molecule has 5 aromatic rings. The molecule has 2 heterocycles. The Labute approximate surface area is 251 Å². The minimum atomic E-state index is -0.800. The minimum Gasteiger partial charge on any atom is -0.493 e. The summed E-state index contributed by atoms with van der Waals surface area (Å²) in [5, 5.41) is 0.404. The number of rotatable bonds is 9. The van der Waals surface area contributed by atoms with Gasteiger partial charge in [0, 0.05) is 28.5 Å². The Balaban J connectivity index is 1.94. The molecule has 0 saturated carbocycles.